The van der Waals surface area contributed by atoms with Gasteiger partial charge in [-0.3, -0.25) is 4.79 Å². The number of ketones is 1. The van der Waals surface area contributed by atoms with Crippen LogP contribution in [0.5, 0.6) is 0 Å². The predicted molar refractivity (Wildman–Crippen MR) is 86.5 cm³/mol. The van der Waals surface area contributed by atoms with Gasteiger partial charge in [-0.2, -0.15) is 0 Å². The van der Waals surface area contributed by atoms with Crippen molar-refractivity contribution in [2.75, 3.05) is 0 Å². The lowest BCUT2D eigenvalue weighted by molar-refractivity contribution is 0.104. The first-order chi connectivity index (χ1) is 9.58. The lowest BCUT2D eigenvalue weighted by atomic mass is 9.79. The minimum atomic E-state index is 0.0965. The van der Waals surface area contributed by atoms with E-state index < -0.39 is 0 Å². The Morgan fingerprint density at radius 3 is 2.50 bits per heavy atom. The molecular weight excluding hydrogens is 290 g/mol. The van der Waals surface area contributed by atoms with E-state index in [0.29, 0.717) is 10.0 Å². The van der Waals surface area contributed by atoms with Gasteiger partial charge in [-0.05, 0) is 35.2 Å². The van der Waals surface area contributed by atoms with Gasteiger partial charge in [0, 0.05) is 11.1 Å². The van der Waals surface area contributed by atoms with Gasteiger partial charge in [0.05, 0.1) is 10.0 Å². The van der Waals surface area contributed by atoms with E-state index in [1.807, 2.05) is 44.3 Å². The Bertz CT molecular complexity index is 737. The molecule has 0 saturated heterocycles. The molecule has 0 fully saturated rings. The predicted octanol–water partition coefficient (Wildman–Crippen LogP) is 3.95. The number of carbonyl (C=O) groups is 1. The lowest BCUT2D eigenvalue weighted by Crippen LogP contribution is -1.99. The molecule has 1 aliphatic carbocycles. The summed E-state index contributed by atoms with van der Waals surface area (Å²) in [5, 5.41) is 1.01. The summed E-state index contributed by atoms with van der Waals surface area (Å²) in [6, 6.07) is 13.1. The summed E-state index contributed by atoms with van der Waals surface area (Å²) >= 11 is 11.9. The Morgan fingerprint density at radius 2 is 1.80 bits per heavy atom. The fourth-order valence-electron chi connectivity index (χ4n) is 2.57. The van der Waals surface area contributed by atoms with E-state index >= 15 is 0 Å². The van der Waals surface area contributed by atoms with Crippen LogP contribution in [0.4, 0.5) is 0 Å². The number of allylic oxidation sites excluding steroid dienone is 1. The summed E-state index contributed by atoms with van der Waals surface area (Å²) in [4.78, 5) is 12.4. The van der Waals surface area contributed by atoms with Gasteiger partial charge in [-0.25, -0.2) is 0 Å². The Morgan fingerprint density at radius 1 is 1.05 bits per heavy atom. The number of rotatable bonds is 1. The van der Waals surface area contributed by atoms with Crippen molar-refractivity contribution < 1.29 is 4.79 Å². The molecule has 3 rings (SSSR count). The maximum atomic E-state index is 12.4. The molecular formula is C16H11BCl2O. The van der Waals surface area contributed by atoms with Gasteiger partial charge in [0.1, 0.15) is 7.85 Å². The molecule has 0 heterocycles. The van der Waals surface area contributed by atoms with E-state index in [1.54, 1.807) is 12.1 Å². The normalized spacial score (nSPS) is 19.4. The summed E-state index contributed by atoms with van der Waals surface area (Å²) in [5.41, 5.74) is 3.57. The standard InChI is InChI=1S/C16H11BCl2O/c17-15-10-3-1-2-4-11(10)16(20)12(15)7-9-5-6-13(18)14(19)8-9/h1-8,15H,17H2/b12-7+. The smallest absolute Gasteiger partial charge is 0.189 e. The number of Topliss-reactive ketones (excluding diaryl/α,β-unsaturated/α-hetero) is 1. The van der Waals surface area contributed by atoms with Crippen molar-refractivity contribution in [2.45, 2.75) is 5.82 Å². The minimum absolute atomic E-state index is 0.0965. The molecule has 0 aromatic heterocycles. The summed E-state index contributed by atoms with van der Waals surface area (Å²) in [5.74, 6) is 0.201. The van der Waals surface area contributed by atoms with Crippen molar-refractivity contribution in [1.29, 1.82) is 0 Å². The minimum Gasteiger partial charge on any atom is -0.289 e. The summed E-state index contributed by atoms with van der Waals surface area (Å²) in [7, 11) is 2.05. The molecule has 0 amide bonds. The van der Waals surface area contributed by atoms with E-state index in [2.05, 4.69) is 0 Å². The molecule has 0 bridgehead atoms. The highest BCUT2D eigenvalue weighted by atomic mass is 35.5. The number of fused-ring (bicyclic) bond motifs is 1. The monoisotopic (exact) mass is 300 g/mol. The Labute approximate surface area is 128 Å². The molecule has 0 spiro atoms. The van der Waals surface area contributed by atoms with Gasteiger partial charge in [0.25, 0.3) is 0 Å². The third-order valence-electron chi connectivity index (χ3n) is 3.67. The molecule has 1 nitrogen and oxygen atoms in total. The van der Waals surface area contributed by atoms with Crippen LogP contribution < -0.4 is 0 Å². The molecule has 20 heavy (non-hydrogen) atoms. The van der Waals surface area contributed by atoms with Crippen molar-refractivity contribution in [3.63, 3.8) is 0 Å². The van der Waals surface area contributed by atoms with Gasteiger partial charge >= 0.3 is 0 Å². The molecule has 1 aliphatic rings. The van der Waals surface area contributed by atoms with Gasteiger partial charge in [-0.1, -0.05) is 53.5 Å². The molecule has 2 aromatic rings. The van der Waals surface area contributed by atoms with E-state index in [9.17, 15) is 4.79 Å². The fourth-order valence-corrected chi connectivity index (χ4v) is 2.88. The van der Waals surface area contributed by atoms with Gasteiger partial charge < -0.3 is 0 Å². The largest absolute Gasteiger partial charge is 0.289 e. The maximum absolute atomic E-state index is 12.4. The summed E-state index contributed by atoms with van der Waals surface area (Å²) in [6.45, 7) is 0. The molecule has 1 atom stereocenters. The summed E-state index contributed by atoms with van der Waals surface area (Å²) in [6.07, 6.45) is 1.90. The zero-order chi connectivity index (χ0) is 14.3. The van der Waals surface area contributed by atoms with E-state index in [0.717, 1.165) is 22.3 Å². The lowest BCUT2D eigenvalue weighted by Gasteiger charge is -2.05. The molecule has 98 valence electrons. The number of hydrogen-bond donors (Lipinski definition) is 0. The quantitative estimate of drug-likeness (QED) is 0.576. The van der Waals surface area contributed by atoms with Crippen molar-refractivity contribution in [2.24, 2.45) is 0 Å². The molecule has 0 N–H and O–H groups in total. The van der Waals surface area contributed by atoms with Crippen LogP contribution in [0.1, 0.15) is 27.3 Å². The van der Waals surface area contributed by atoms with Crippen LogP contribution in [0.3, 0.4) is 0 Å². The van der Waals surface area contributed by atoms with Crippen LogP contribution in [0.15, 0.2) is 48.0 Å². The van der Waals surface area contributed by atoms with Crippen LogP contribution in [0.2, 0.25) is 10.0 Å². The highest BCUT2D eigenvalue weighted by Crippen LogP contribution is 2.36. The van der Waals surface area contributed by atoms with Crippen LogP contribution in [-0.4, -0.2) is 13.6 Å². The van der Waals surface area contributed by atoms with Crippen LogP contribution in [-0.2, 0) is 0 Å². The van der Waals surface area contributed by atoms with Crippen LogP contribution >= 0.6 is 23.2 Å². The first-order valence-corrected chi connectivity index (χ1v) is 7.14. The van der Waals surface area contributed by atoms with E-state index in [4.69, 9.17) is 23.2 Å². The first-order valence-electron chi connectivity index (χ1n) is 6.38. The average molecular weight is 301 g/mol. The molecule has 0 saturated carbocycles. The second kappa shape index (κ2) is 5.12. The zero-order valence-electron chi connectivity index (χ0n) is 10.9. The number of benzene rings is 2. The van der Waals surface area contributed by atoms with E-state index in [-0.39, 0.29) is 11.6 Å². The topological polar surface area (TPSA) is 17.1 Å². The van der Waals surface area contributed by atoms with Gasteiger partial charge in [0.15, 0.2) is 5.78 Å². The van der Waals surface area contributed by atoms with Crippen molar-refractivity contribution in [3.8, 4) is 0 Å². The molecule has 2 aromatic carbocycles. The Hall–Kier alpha value is -1.51. The van der Waals surface area contributed by atoms with Crippen LogP contribution in [0.25, 0.3) is 6.08 Å². The average Bonchev–Trinajstić information content (AvgIpc) is 2.69. The van der Waals surface area contributed by atoms with Crippen LogP contribution in [0, 0.1) is 0 Å². The van der Waals surface area contributed by atoms with E-state index in [1.165, 1.54) is 0 Å². The highest BCUT2D eigenvalue weighted by molar-refractivity contribution is 6.42. The van der Waals surface area contributed by atoms with Gasteiger partial charge in [0.2, 0.25) is 0 Å². The maximum Gasteiger partial charge on any atom is 0.189 e. The fraction of sp³-hybridized carbons (Fsp3) is 0.0625. The summed E-state index contributed by atoms with van der Waals surface area (Å²) < 4.78 is 0. The third-order valence-corrected chi connectivity index (χ3v) is 4.41. The van der Waals surface area contributed by atoms with Gasteiger partial charge in [-0.15, -0.1) is 0 Å². The van der Waals surface area contributed by atoms with Crippen molar-refractivity contribution in [1.82, 2.24) is 0 Å². The first kappa shape index (κ1) is 13.5. The Kier molecular flexibility index (Phi) is 3.45. The second-order valence-corrected chi connectivity index (χ2v) is 5.73. The SMILES string of the molecule is BC1/C(=C\c2ccc(Cl)c(Cl)c2)C(=O)c2ccccc21. The van der Waals surface area contributed by atoms with Crippen molar-refractivity contribution >= 4 is 42.9 Å². The molecule has 1 unspecified atom stereocenters. The molecule has 0 aliphatic heterocycles. The number of hydrogen-bond acceptors (Lipinski definition) is 1. The highest BCUT2D eigenvalue weighted by Gasteiger charge is 2.30. The second-order valence-electron chi connectivity index (χ2n) is 4.91. The number of halogens is 2. The zero-order valence-corrected chi connectivity index (χ0v) is 12.4. The molecule has 0 radical (unpaired) electrons. The molecule has 4 heteroatoms. The van der Waals surface area contributed by atoms with Crippen molar-refractivity contribution in [3.05, 3.63) is 74.8 Å². The third kappa shape index (κ3) is 2.19. The number of carbonyl (C=O) groups excluding carboxylic acids is 1. The Balaban J connectivity index is 2.05.